The molecule has 1 N–H and O–H groups in total. The Balaban J connectivity index is 2.76. The Labute approximate surface area is 99.7 Å². The first-order valence-electron chi connectivity index (χ1n) is 6.15. The van der Waals surface area contributed by atoms with Crippen LogP contribution in [-0.2, 0) is 0 Å². The van der Waals surface area contributed by atoms with E-state index < -0.39 is 0 Å². The van der Waals surface area contributed by atoms with Crippen LogP contribution in [-0.4, -0.2) is 31.6 Å². The summed E-state index contributed by atoms with van der Waals surface area (Å²) in [6.07, 6.45) is 0. The molecular weight excluding hydrogens is 196 g/mol. The second-order valence-electron chi connectivity index (χ2n) is 4.38. The zero-order valence-electron chi connectivity index (χ0n) is 11.0. The molecule has 1 unspecified atom stereocenters. The van der Waals surface area contributed by atoms with Crippen molar-refractivity contribution >= 4 is 0 Å². The van der Waals surface area contributed by atoms with Gasteiger partial charge in [0.25, 0.3) is 0 Å². The molecule has 0 heterocycles. The van der Waals surface area contributed by atoms with Crippen LogP contribution in [0.15, 0.2) is 24.3 Å². The average molecular weight is 220 g/mol. The molecule has 0 aromatic heterocycles. The zero-order chi connectivity index (χ0) is 12.0. The van der Waals surface area contributed by atoms with Crippen molar-refractivity contribution in [1.29, 1.82) is 0 Å². The van der Waals surface area contributed by atoms with E-state index in [1.54, 1.807) is 0 Å². The number of rotatable bonds is 6. The summed E-state index contributed by atoms with van der Waals surface area (Å²) in [7, 11) is 2.17. The summed E-state index contributed by atoms with van der Waals surface area (Å²) in [5.74, 6) is 0. The fraction of sp³-hybridized carbons (Fsp3) is 0.571. The Morgan fingerprint density at radius 3 is 2.62 bits per heavy atom. The van der Waals surface area contributed by atoms with Crippen LogP contribution in [0.2, 0.25) is 0 Å². The predicted octanol–water partition coefficient (Wildman–Crippen LogP) is 2.60. The lowest BCUT2D eigenvalue weighted by molar-refractivity contribution is 0.305. The Morgan fingerprint density at radius 1 is 1.31 bits per heavy atom. The molecule has 0 aliphatic rings. The van der Waals surface area contributed by atoms with Crippen molar-refractivity contribution in [2.24, 2.45) is 0 Å². The highest BCUT2D eigenvalue weighted by atomic mass is 15.1. The van der Waals surface area contributed by atoms with Crippen LogP contribution in [0, 0.1) is 6.92 Å². The molecule has 16 heavy (non-hydrogen) atoms. The van der Waals surface area contributed by atoms with Crippen LogP contribution in [0.4, 0.5) is 0 Å². The van der Waals surface area contributed by atoms with Gasteiger partial charge in [-0.15, -0.1) is 0 Å². The summed E-state index contributed by atoms with van der Waals surface area (Å²) in [4.78, 5) is 2.34. The first-order chi connectivity index (χ1) is 7.67. The molecule has 2 nitrogen and oxygen atoms in total. The second-order valence-corrected chi connectivity index (χ2v) is 4.38. The minimum Gasteiger partial charge on any atom is -0.309 e. The van der Waals surface area contributed by atoms with Gasteiger partial charge in [-0.25, -0.2) is 0 Å². The topological polar surface area (TPSA) is 15.3 Å². The van der Waals surface area contributed by atoms with E-state index in [9.17, 15) is 0 Å². The van der Waals surface area contributed by atoms with Crippen molar-refractivity contribution in [3.05, 3.63) is 35.4 Å². The number of hydrogen-bond donors (Lipinski definition) is 1. The van der Waals surface area contributed by atoms with Crippen LogP contribution in [0.3, 0.4) is 0 Å². The third-order valence-electron chi connectivity index (χ3n) is 2.93. The summed E-state index contributed by atoms with van der Waals surface area (Å²) >= 11 is 0. The van der Waals surface area contributed by atoms with Gasteiger partial charge in [0.1, 0.15) is 0 Å². The van der Waals surface area contributed by atoms with E-state index in [1.165, 1.54) is 11.1 Å². The number of likely N-dealkylation sites (N-methyl/N-ethyl adjacent to an activating group) is 2. The number of hydrogen-bond acceptors (Lipinski definition) is 2. The lowest BCUT2D eigenvalue weighted by Gasteiger charge is -2.24. The summed E-state index contributed by atoms with van der Waals surface area (Å²) in [5, 5.41) is 3.55. The lowest BCUT2D eigenvalue weighted by atomic mass is 10.0. The second kappa shape index (κ2) is 6.66. The van der Waals surface area contributed by atoms with Crippen LogP contribution in [0.25, 0.3) is 0 Å². The van der Waals surface area contributed by atoms with Gasteiger partial charge >= 0.3 is 0 Å². The minimum absolute atomic E-state index is 0.440. The maximum Gasteiger partial charge on any atom is 0.0449 e. The van der Waals surface area contributed by atoms with E-state index >= 15 is 0 Å². The van der Waals surface area contributed by atoms with Gasteiger partial charge in [0, 0.05) is 12.6 Å². The number of aryl methyl sites for hydroxylation is 1. The van der Waals surface area contributed by atoms with Crippen molar-refractivity contribution < 1.29 is 0 Å². The van der Waals surface area contributed by atoms with Gasteiger partial charge in [-0.2, -0.15) is 0 Å². The third kappa shape index (κ3) is 3.95. The number of nitrogens with one attached hydrogen (secondary N) is 1. The Bertz CT molecular complexity index is 309. The van der Waals surface area contributed by atoms with Gasteiger partial charge in [-0.3, -0.25) is 0 Å². The van der Waals surface area contributed by atoms with Crippen molar-refractivity contribution in [2.75, 3.05) is 26.7 Å². The van der Waals surface area contributed by atoms with Gasteiger partial charge < -0.3 is 10.2 Å². The van der Waals surface area contributed by atoms with E-state index in [0.29, 0.717) is 6.04 Å². The normalized spacial score (nSPS) is 13.1. The Kier molecular flexibility index (Phi) is 5.50. The van der Waals surface area contributed by atoms with Crippen molar-refractivity contribution in [3.8, 4) is 0 Å². The molecule has 0 saturated carbocycles. The molecular formula is C14H24N2. The quantitative estimate of drug-likeness (QED) is 0.792. The van der Waals surface area contributed by atoms with Crippen LogP contribution in [0.5, 0.6) is 0 Å². The van der Waals surface area contributed by atoms with E-state index in [2.05, 4.69) is 62.3 Å². The minimum atomic E-state index is 0.440. The Morgan fingerprint density at radius 2 is 2.06 bits per heavy atom. The molecule has 90 valence electrons. The smallest absolute Gasteiger partial charge is 0.0449 e. The number of benzene rings is 1. The maximum absolute atomic E-state index is 3.55. The molecule has 0 aliphatic carbocycles. The van der Waals surface area contributed by atoms with E-state index in [4.69, 9.17) is 0 Å². The lowest BCUT2D eigenvalue weighted by Crippen LogP contribution is -2.32. The van der Waals surface area contributed by atoms with Crippen LogP contribution >= 0.6 is 0 Å². The summed E-state index contributed by atoms with van der Waals surface area (Å²) in [6.45, 7) is 9.67. The summed E-state index contributed by atoms with van der Waals surface area (Å²) < 4.78 is 0. The molecule has 2 heteroatoms. The molecule has 0 aliphatic heterocycles. The Hall–Kier alpha value is -0.860. The standard InChI is InChI=1S/C14H24N2/c1-5-15-14(11-16(4)6-2)13-9-7-8-12(3)10-13/h7-10,14-15H,5-6,11H2,1-4H3. The first kappa shape index (κ1) is 13.2. The first-order valence-corrected chi connectivity index (χ1v) is 6.15. The van der Waals surface area contributed by atoms with Gasteiger partial charge in [-0.1, -0.05) is 43.7 Å². The zero-order valence-corrected chi connectivity index (χ0v) is 11.0. The monoisotopic (exact) mass is 220 g/mol. The third-order valence-corrected chi connectivity index (χ3v) is 2.93. The average Bonchev–Trinajstić information content (AvgIpc) is 2.28. The fourth-order valence-corrected chi connectivity index (χ4v) is 1.86. The van der Waals surface area contributed by atoms with Gasteiger partial charge in [0.2, 0.25) is 0 Å². The molecule has 0 radical (unpaired) electrons. The number of nitrogens with zero attached hydrogens (tertiary/aromatic N) is 1. The van der Waals surface area contributed by atoms with Crippen molar-refractivity contribution in [2.45, 2.75) is 26.8 Å². The highest BCUT2D eigenvalue weighted by Gasteiger charge is 2.11. The van der Waals surface area contributed by atoms with E-state index in [0.717, 1.165) is 19.6 Å². The predicted molar refractivity (Wildman–Crippen MR) is 70.8 cm³/mol. The maximum atomic E-state index is 3.55. The molecule has 0 amide bonds. The fourth-order valence-electron chi connectivity index (χ4n) is 1.86. The van der Waals surface area contributed by atoms with Gasteiger partial charge in [-0.05, 0) is 32.6 Å². The van der Waals surface area contributed by atoms with Crippen molar-refractivity contribution in [3.63, 3.8) is 0 Å². The van der Waals surface area contributed by atoms with E-state index in [1.807, 2.05) is 0 Å². The SMILES string of the molecule is CCNC(CN(C)CC)c1cccc(C)c1. The molecule has 0 saturated heterocycles. The molecule has 0 spiro atoms. The molecule has 1 aromatic rings. The van der Waals surface area contributed by atoms with Gasteiger partial charge in [0.15, 0.2) is 0 Å². The van der Waals surface area contributed by atoms with Crippen molar-refractivity contribution in [1.82, 2.24) is 10.2 Å². The highest BCUT2D eigenvalue weighted by molar-refractivity contribution is 5.25. The molecule has 1 aromatic carbocycles. The molecule has 1 rings (SSSR count). The van der Waals surface area contributed by atoms with E-state index in [-0.39, 0.29) is 0 Å². The van der Waals surface area contributed by atoms with Crippen LogP contribution < -0.4 is 5.32 Å². The molecule has 0 fully saturated rings. The molecule has 0 bridgehead atoms. The summed E-state index contributed by atoms with van der Waals surface area (Å²) in [5.41, 5.74) is 2.72. The highest BCUT2D eigenvalue weighted by Crippen LogP contribution is 2.15. The molecule has 1 atom stereocenters. The van der Waals surface area contributed by atoms with Gasteiger partial charge in [0.05, 0.1) is 0 Å². The summed E-state index contributed by atoms with van der Waals surface area (Å²) in [6, 6.07) is 9.22. The largest absolute Gasteiger partial charge is 0.309 e. The van der Waals surface area contributed by atoms with Crippen LogP contribution in [0.1, 0.15) is 31.0 Å².